The summed E-state index contributed by atoms with van der Waals surface area (Å²) in [7, 11) is 0. The van der Waals surface area contributed by atoms with Crippen molar-refractivity contribution in [1.82, 2.24) is 0 Å². The van der Waals surface area contributed by atoms with Crippen LogP contribution in [0.3, 0.4) is 0 Å². The fourth-order valence-electron chi connectivity index (χ4n) is 3.64. The first-order valence-corrected chi connectivity index (χ1v) is 11.2. The van der Waals surface area contributed by atoms with Gasteiger partial charge < -0.3 is 29.2 Å². The maximum atomic E-state index is 12.6. The predicted octanol–water partition coefficient (Wildman–Crippen LogP) is 2.73. The van der Waals surface area contributed by atoms with Crippen LogP contribution < -0.4 is 0 Å². The molecule has 0 amide bonds. The molecule has 35 heavy (non-hydrogen) atoms. The van der Waals surface area contributed by atoms with E-state index in [1.807, 2.05) is 30.3 Å². The molecule has 0 aliphatic carbocycles. The first-order chi connectivity index (χ1) is 17.0. The highest BCUT2D eigenvalue weighted by molar-refractivity contribution is 5.89. The lowest BCUT2D eigenvalue weighted by atomic mass is 9.99. The van der Waals surface area contributed by atoms with Crippen molar-refractivity contribution in [2.45, 2.75) is 37.3 Å². The monoisotopic (exact) mass is 478 g/mol. The van der Waals surface area contributed by atoms with Crippen molar-refractivity contribution in [1.29, 1.82) is 0 Å². The molecular weight excluding hydrogens is 452 g/mol. The molecular formula is C27H26O8. The van der Waals surface area contributed by atoms with Crippen LogP contribution in [-0.4, -0.2) is 59.5 Å². The zero-order valence-electron chi connectivity index (χ0n) is 18.8. The highest BCUT2D eigenvalue weighted by atomic mass is 16.7. The number of aliphatic hydroxyl groups excluding tert-OH is 2. The Morgan fingerprint density at radius 3 is 1.89 bits per heavy atom. The van der Waals surface area contributed by atoms with Gasteiger partial charge in [0.15, 0.2) is 12.4 Å². The third-order valence-corrected chi connectivity index (χ3v) is 5.54. The largest absolute Gasteiger partial charge is 0.459 e. The number of hydrogen-bond donors (Lipinski definition) is 2. The number of hydrogen-bond acceptors (Lipinski definition) is 8. The summed E-state index contributed by atoms with van der Waals surface area (Å²) >= 11 is 0. The quantitative estimate of drug-likeness (QED) is 0.476. The lowest BCUT2D eigenvalue weighted by Crippen LogP contribution is -2.60. The number of carbonyl (C=O) groups excluding carboxylic acids is 2. The summed E-state index contributed by atoms with van der Waals surface area (Å²) in [5.74, 6) is -1.30. The second-order valence-corrected chi connectivity index (χ2v) is 8.02. The number of rotatable bonds is 8. The van der Waals surface area contributed by atoms with Crippen LogP contribution in [-0.2, 0) is 25.6 Å². The molecule has 0 spiro atoms. The number of carbonyl (C=O) groups is 2. The molecule has 0 unspecified atom stereocenters. The van der Waals surface area contributed by atoms with Crippen LogP contribution in [0.2, 0.25) is 0 Å². The average molecular weight is 478 g/mol. The van der Waals surface area contributed by atoms with Crippen LogP contribution in [0.1, 0.15) is 26.3 Å². The fourth-order valence-corrected chi connectivity index (χ4v) is 3.64. The maximum absolute atomic E-state index is 12.6. The molecule has 0 saturated carbocycles. The summed E-state index contributed by atoms with van der Waals surface area (Å²) in [6.07, 6.45) is -6.68. The van der Waals surface area contributed by atoms with Gasteiger partial charge in [-0.05, 0) is 29.8 Å². The van der Waals surface area contributed by atoms with Gasteiger partial charge in [0.2, 0.25) is 0 Å². The molecule has 3 aromatic carbocycles. The molecule has 0 aromatic heterocycles. The first kappa shape index (κ1) is 24.6. The Morgan fingerprint density at radius 2 is 1.29 bits per heavy atom. The Labute approximate surface area is 202 Å². The van der Waals surface area contributed by atoms with Crippen LogP contribution in [0, 0.1) is 0 Å². The predicted molar refractivity (Wildman–Crippen MR) is 124 cm³/mol. The van der Waals surface area contributed by atoms with Gasteiger partial charge in [0, 0.05) is 0 Å². The van der Waals surface area contributed by atoms with Crippen molar-refractivity contribution in [3.8, 4) is 0 Å². The summed E-state index contributed by atoms with van der Waals surface area (Å²) in [4.78, 5) is 25.0. The number of benzene rings is 3. The second-order valence-electron chi connectivity index (χ2n) is 8.02. The molecule has 0 radical (unpaired) electrons. The maximum Gasteiger partial charge on any atom is 0.338 e. The summed E-state index contributed by atoms with van der Waals surface area (Å²) in [5.41, 5.74) is 1.44. The molecule has 4 rings (SSSR count). The van der Waals surface area contributed by atoms with E-state index in [0.29, 0.717) is 5.56 Å². The minimum Gasteiger partial charge on any atom is -0.459 e. The van der Waals surface area contributed by atoms with E-state index in [9.17, 15) is 19.8 Å². The molecule has 182 valence electrons. The van der Waals surface area contributed by atoms with Crippen molar-refractivity contribution >= 4 is 11.9 Å². The van der Waals surface area contributed by atoms with E-state index in [-0.39, 0.29) is 18.8 Å². The van der Waals surface area contributed by atoms with Crippen LogP contribution in [0.5, 0.6) is 0 Å². The highest BCUT2D eigenvalue weighted by Gasteiger charge is 2.48. The van der Waals surface area contributed by atoms with Crippen LogP contribution in [0.25, 0.3) is 0 Å². The zero-order valence-corrected chi connectivity index (χ0v) is 18.8. The molecule has 1 saturated heterocycles. The summed E-state index contributed by atoms with van der Waals surface area (Å²) in [6.45, 7) is -0.235. The number of ether oxygens (including phenoxy) is 4. The zero-order chi connectivity index (χ0) is 24.6. The van der Waals surface area contributed by atoms with E-state index in [2.05, 4.69) is 0 Å². The van der Waals surface area contributed by atoms with Crippen LogP contribution in [0.15, 0.2) is 91.0 Å². The normalized spacial score (nSPS) is 23.9. The molecule has 1 aliphatic rings. The van der Waals surface area contributed by atoms with E-state index in [4.69, 9.17) is 18.9 Å². The van der Waals surface area contributed by atoms with Crippen molar-refractivity contribution < 1.29 is 38.7 Å². The molecule has 8 nitrogen and oxygen atoms in total. The smallest absolute Gasteiger partial charge is 0.338 e. The summed E-state index contributed by atoms with van der Waals surface area (Å²) in [5, 5.41) is 21.5. The average Bonchev–Trinajstić information content (AvgIpc) is 2.91. The fraction of sp³-hybridized carbons (Fsp3) is 0.259. The molecule has 2 N–H and O–H groups in total. The Kier molecular flexibility index (Phi) is 8.23. The molecule has 3 aromatic rings. The van der Waals surface area contributed by atoms with Gasteiger partial charge in [-0.1, -0.05) is 66.7 Å². The highest BCUT2D eigenvalue weighted by Crippen LogP contribution is 2.27. The minimum absolute atomic E-state index is 0.101. The SMILES string of the molecule is O=C(OC[C@H]1O[C@H](OCc2ccccc2)[C@H](OC(=O)c2ccccc2)[C@@H](O)[C@H]1O)c1ccccc1. The molecule has 1 aliphatic heterocycles. The van der Waals surface area contributed by atoms with E-state index in [1.54, 1.807) is 60.7 Å². The van der Waals surface area contributed by atoms with Gasteiger partial charge in [-0.15, -0.1) is 0 Å². The van der Waals surface area contributed by atoms with E-state index < -0.39 is 42.6 Å². The molecule has 0 bridgehead atoms. The van der Waals surface area contributed by atoms with Gasteiger partial charge >= 0.3 is 11.9 Å². The Balaban J connectivity index is 1.47. The third kappa shape index (κ3) is 6.32. The van der Waals surface area contributed by atoms with Crippen molar-refractivity contribution in [2.75, 3.05) is 6.61 Å². The Morgan fingerprint density at radius 1 is 0.743 bits per heavy atom. The van der Waals surface area contributed by atoms with Crippen molar-refractivity contribution in [3.63, 3.8) is 0 Å². The third-order valence-electron chi connectivity index (χ3n) is 5.54. The Bertz CT molecular complexity index is 1090. The number of esters is 2. The molecule has 5 atom stereocenters. The molecule has 1 heterocycles. The van der Waals surface area contributed by atoms with E-state index >= 15 is 0 Å². The standard InChI is InChI=1S/C27H26O8/c28-22-21(17-32-25(30)19-12-6-2-7-13-19)34-27(33-16-18-10-4-1-5-11-18)24(23(22)29)35-26(31)20-14-8-3-9-15-20/h1-15,21-24,27-29H,16-17H2/t21-,22+,23+,24-,27+/m1/s1. The molecule has 1 fully saturated rings. The number of aliphatic hydroxyl groups is 2. The van der Waals surface area contributed by atoms with E-state index in [0.717, 1.165) is 5.56 Å². The summed E-state index contributed by atoms with van der Waals surface area (Å²) in [6, 6.07) is 25.9. The minimum atomic E-state index is -1.54. The first-order valence-electron chi connectivity index (χ1n) is 11.2. The Hall–Kier alpha value is -3.56. The van der Waals surface area contributed by atoms with Gasteiger partial charge in [-0.2, -0.15) is 0 Å². The van der Waals surface area contributed by atoms with Gasteiger partial charge in [-0.3, -0.25) is 0 Å². The second kappa shape index (κ2) is 11.7. The van der Waals surface area contributed by atoms with Gasteiger partial charge in [0.05, 0.1) is 17.7 Å². The van der Waals surface area contributed by atoms with E-state index in [1.165, 1.54) is 0 Å². The van der Waals surface area contributed by atoms with Gasteiger partial charge in [0.25, 0.3) is 0 Å². The molecule has 8 heteroatoms. The van der Waals surface area contributed by atoms with Gasteiger partial charge in [-0.25, -0.2) is 9.59 Å². The van der Waals surface area contributed by atoms with Gasteiger partial charge in [0.1, 0.15) is 24.9 Å². The lowest BCUT2D eigenvalue weighted by Gasteiger charge is -2.41. The van der Waals surface area contributed by atoms with Crippen molar-refractivity contribution in [3.05, 3.63) is 108 Å². The lowest BCUT2D eigenvalue weighted by molar-refractivity contribution is -0.302. The van der Waals surface area contributed by atoms with Crippen LogP contribution in [0.4, 0.5) is 0 Å². The van der Waals surface area contributed by atoms with Crippen molar-refractivity contribution in [2.24, 2.45) is 0 Å². The topological polar surface area (TPSA) is 112 Å². The van der Waals surface area contributed by atoms with Crippen LogP contribution >= 0.6 is 0 Å². The summed E-state index contributed by atoms with van der Waals surface area (Å²) < 4.78 is 22.5.